The van der Waals surface area contributed by atoms with Crippen molar-refractivity contribution in [3.8, 4) is 5.75 Å². The number of likely N-dealkylation sites (tertiary alicyclic amines) is 1. The minimum absolute atomic E-state index is 0.188. The Bertz CT molecular complexity index is 613. The summed E-state index contributed by atoms with van der Waals surface area (Å²) < 4.78 is 5.81. The van der Waals surface area contributed by atoms with Crippen molar-refractivity contribution >= 4 is 12.0 Å². The number of carboxylic acid groups (broad SMARTS) is 1. The summed E-state index contributed by atoms with van der Waals surface area (Å²) in [6.07, 6.45) is 4.73. The highest BCUT2D eigenvalue weighted by molar-refractivity contribution is 5.77. The summed E-state index contributed by atoms with van der Waals surface area (Å²) in [7, 11) is 0. The number of rotatable bonds is 6. The predicted molar refractivity (Wildman–Crippen MR) is 93.4 cm³/mol. The van der Waals surface area contributed by atoms with Gasteiger partial charge in [-0.1, -0.05) is 20.8 Å². The molecule has 1 unspecified atom stereocenters. The fourth-order valence-corrected chi connectivity index (χ4v) is 2.58. The van der Waals surface area contributed by atoms with Crippen molar-refractivity contribution in [1.29, 1.82) is 0 Å². The van der Waals surface area contributed by atoms with Crippen LogP contribution in [0.5, 0.6) is 5.75 Å². The molecule has 138 valence electrons. The Kier molecular flexibility index (Phi) is 6.22. The van der Waals surface area contributed by atoms with E-state index in [1.807, 2.05) is 6.07 Å². The normalized spacial score (nSPS) is 17.4. The van der Waals surface area contributed by atoms with Crippen LogP contribution in [0.1, 0.15) is 39.2 Å². The van der Waals surface area contributed by atoms with Crippen LogP contribution in [0.15, 0.2) is 18.5 Å². The van der Waals surface area contributed by atoms with E-state index >= 15 is 0 Å². The van der Waals surface area contributed by atoms with Crippen molar-refractivity contribution in [2.24, 2.45) is 11.3 Å². The molecule has 1 aromatic rings. The molecule has 1 atom stereocenters. The van der Waals surface area contributed by atoms with Gasteiger partial charge in [0, 0.05) is 31.4 Å². The van der Waals surface area contributed by atoms with E-state index in [4.69, 9.17) is 9.84 Å². The lowest BCUT2D eigenvalue weighted by molar-refractivity contribution is -0.141. The van der Waals surface area contributed by atoms with E-state index in [1.54, 1.807) is 17.3 Å². The number of carboxylic acids is 1. The van der Waals surface area contributed by atoms with Gasteiger partial charge in [0.2, 0.25) is 0 Å². The van der Waals surface area contributed by atoms with Crippen LogP contribution >= 0.6 is 0 Å². The smallest absolute Gasteiger partial charge is 0.317 e. The molecule has 7 nitrogen and oxygen atoms in total. The van der Waals surface area contributed by atoms with Crippen LogP contribution in [0.4, 0.5) is 4.79 Å². The van der Waals surface area contributed by atoms with E-state index in [2.05, 4.69) is 31.1 Å². The first kappa shape index (κ1) is 19.0. The molecule has 2 heterocycles. The SMILES string of the molecule is CC(C)(C)CCOc1cnccc1CNC(=O)N1CCC(C(=O)O)C1. The van der Waals surface area contributed by atoms with Crippen molar-refractivity contribution in [3.05, 3.63) is 24.0 Å². The Balaban J connectivity index is 1.86. The van der Waals surface area contributed by atoms with Gasteiger partial charge >= 0.3 is 12.0 Å². The Labute approximate surface area is 148 Å². The van der Waals surface area contributed by atoms with Crippen LogP contribution in [0, 0.1) is 11.3 Å². The number of aliphatic carboxylic acids is 1. The number of urea groups is 1. The van der Waals surface area contributed by atoms with Crippen molar-refractivity contribution < 1.29 is 19.4 Å². The largest absolute Gasteiger partial charge is 0.492 e. The molecule has 25 heavy (non-hydrogen) atoms. The van der Waals surface area contributed by atoms with Gasteiger partial charge in [-0.25, -0.2) is 4.79 Å². The highest BCUT2D eigenvalue weighted by Crippen LogP contribution is 2.22. The summed E-state index contributed by atoms with van der Waals surface area (Å²) in [5, 5.41) is 11.8. The maximum Gasteiger partial charge on any atom is 0.317 e. The van der Waals surface area contributed by atoms with Crippen molar-refractivity contribution in [2.75, 3.05) is 19.7 Å². The minimum Gasteiger partial charge on any atom is -0.492 e. The molecule has 1 aliphatic rings. The van der Waals surface area contributed by atoms with E-state index in [1.165, 1.54) is 0 Å². The van der Waals surface area contributed by atoms with Crippen LogP contribution in [0.2, 0.25) is 0 Å². The molecular weight excluding hydrogens is 322 g/mol. The molecule has 2 rings (SSSR count). The van der Waals surface area contributed by atoms with Crippen LogP contribution in [-0.2, 0) is 11.3 Å². The van der Waals surface area contributed by atoms with Gasteiger partial charge in [-0.3, -0.25) is 9.78 Å². The highest BCUT2D eigenvalue weighted by Gasteiger charge is 2.30. The van der Waals surface area contributed by atoms with Crippen molar-refractivity contribution in [3.63, 3.8) is 0 Å². The number of hydrogen-bond acceptors (Lipinski definition) is 4. The van der Waals surface area contributed by atoms with Crippen LogP contribution in [-0.4, -0.2) is 46.7 Å². The fraction of sp³-hybridized carbons (Fsp3) is 0.611. The molecular formula is C18H27N3O4. The molecule has 0 bridgehead atoms. The third-order valence-electron chi connectivity index (χ3n) is 4.23. The predicted octanol–water partition coefficient (Wildman–Crippen LogP) is 2.51. The molecule has 1 aliphatic heterocycles. The summed E-state index contributed by atoms with van der Waals surface area (Å²) in [6, 6.07) is 1.57. The van der Waals surface area contributed by atoms with Gasteiger partial charge in [-0.05, 0) is 24.3 Å². The zero-order valence-electron chi connectivity index (χ0n) is 15.1. The summed E-state index contributed by atoms with van der Waals surface area (Å²) in [5.41, 5.74) is 1.04. The number of hydrogen-bond donors (Lipinski definition) is 2. The fourth-order valence-electron chi connectivity index (χ4n) is 2.58. The molecule has 1 aromatic heterocycles. The van der Waals surface area contributed by atoms with Crippen molar-refractivity contribution in [2.45, 2.75) is 40.2 Å². The molecule has 0 aromatic carbocycles. The van der Waals surface area contributed by atoms with Gasteiger partial charge < -0.3 is 20.1 Å². The number of amides is 2. The van der Waals surface area contributed by atoms with Gasteiger partial charge in [0.15, 0.2) is 0 Å². The first-order chi connectivity index (χ1) is 11.8. The van der Waals surface area contributed by atoms with Gasteiger partial charge in [0.1, 0.15) is 5.75 Å². The maximum absolute atomic E-state index is 12.2. The van der Waals surface area contributed by atoms with E-state index in [0.29, 0.717) is 31.9 Å². The summed E-state index contributed by atoms with van der Waals surface area (Å²) in [5.74, 6) is -0.654. The third kappa shape index (κ3) is 5.92. The molecule has 2 N–H and O–H groups in total. The Morgan fingerprint density at radius 3 is 2.84 bits per heavy atom. The number of ether oxygens (including phenoxy) is 1. The number of carbonyl (C=O) groups is 2. The lowest BCUT2D eigenvalue weighted by Gasteiger charge is -2.20. The standard InChI is InChI=1S/C18H27N3O4/c1-18(2,3)6-9-25-15-11-19-7-4-13(15)10-20-17(24)21-8-5-14(12-21)16(22)23/h4,7,11,14H,5-6,8-10,12H2,1-3H3,(H,20,24)(H,22,23). The van der Waals surface area contributed by atoms with Crippen LogP contribution in [0.3, 0.4) is 0 Å². The van der Waals surface area contributed by atoms with Crippen molar-refractivity contribution in [1.82, 2.24) is 15.2 Å². The minimum atomic E-state index is -0.848. The zero-order valence-corrected chi connectivity index (χ0v) is 15.1. The number of nitrogens with zero attached hydrogens (tertiary/aromatic N) is 2. The molecule has 2 amide bonds. The lowest BCUT2D eigenvalue weighted by Crippen LogP contribution is -2.38. The number of carbonyl (C=O) groups excluding carboxylic acids is 1. The number of aromatic nitrogens is 1. The molecule has 7 heteroatoms. The second-order valence-corrected chi connectivity index (χ2v) is 7.57. The summed E-state index contributed by atoms with van der Waals surface area (Å²) in [4.78, 5) is 28.8. The number of pyridine rings is 1. The molecule has 0 radical (unpaired) electrons. The third-order valence-corrected chi connectivity index (χ3v) is 4.23. The molecule has 0 spiro atoms. The van der Waals surface area contributed by atoms with Crippen LogP contribution in [0.25, 0.3) is 0 Å². The zero-order chi connectivity index (χ0) is 18.4. The molecule has 1 saturated heterocycles. The van der Waals surface area contributed by atoms with Crippen LogP contribution < -0.4 is 10.1 Å². The first-order valence-electron chi connectivity index (χ1n) is 8.57. The summed E-state index contributed by atoms with van der Waals surface area (Å²) in [6.45, 7) is 8.09. The molecule has 0 aliphatic carbocycles. The summed E-state index contributed by atoms with van der Waals surface area (Å²) >= 11 is 0. The van der Waals surface area contributed by atoms with Gasteiger partial charge in [-0.15, -0.1) is 0 Å². The van der Waals surface area contributed by atoms with E-state index in [-0.39, 0.29) is 18.0 Å². The van der Waals surface area contributed by atoms with E-state index in [0.717, 1.165) is 12.0 Å². The average molecular weight is 349 g/mol. The number of nitrogens with one attached hydrogen (secondary N) is 1. The lowest BCUT2D eigenvalue weighted by atomic mass is 9.93. The first-order valence-corrected chi connectivity index (χ1v) is 8.57. The molecule has 0 saturated carbocycles. The Morgan fingerprint density at radius 2 is 2.20 bits per heavy atom. The Hall–Kier alpha value is -2.31. The highest BCUT2D eigenvalue weighted by atomic mass is 16.5. The van der Waals surface area contributed by atoms with E-state index < -0.39 is 11.9 Å². The average Bonchev–Trinajstić information content (AvgIpc) is 3.03. The van der Waals surface area contributed by atoms with Gasteiger partial charge in [0.25, 0.3) is 0 Å². The maximum atomic E-state index is 12.2. The van der Waals surface area contributed by atoms with Gasteiger partial charge in [0.05, 0.1) is 18.7 Å². The quantitative estimate of drug-likeness (QED) is 0.823. The second kappa shape index (κ2) is 8.18. The van der Waals surface area contributed by atoms with E-state index in [9.17, 15) is 9.59 Å². The Morgan fingerprint density at radius 1 is 1.44 bits per heavy atom. The topological polar surface area (TPSA) is 91.8 Å². The monoisotopic (exact) mass is 349 g/mol. The second-order valence-electron chi connectivity index (χ2n) is 7.57. The molecule has 1 fully saturated rings. The van der Waals surface area contributed by atoms with Gasteiger partial charge in [-0.2, -0.15) is 0 Å².